The minimum atomic E-state index is -1.12. The molecule has 0 bridgehead atoms. The molecule has 2 N–H and O–H groups in total. The highest BCUT2D eigenvalue weighted by atomic mass is 16.4. The van der Waals surface area contributed by atoms with Crippen LogP contribution in [0, 0.1) is 0 Å². The Morgan fingerprint density at radius 1 is 1.60 bits per heavy atom. The first-order valence-corrected chi connectivity index (χ1v) is 3.06. The molecular weight excluding hydrogens is 134 g/mol. The van der Waals surface area contributed by atoms with Crippen LogP contribution in [-0.4, -0.2) is 29.4 Å². The van der Waals surface area contributed by atoms with E-state index in [1.165, 1.54) is 6.92 Å². The first kappa shape index (κ1) is 9.10. The first-order chi connectivity index (χ1) is 4.59. The number of carbonyl (C=O) groups is 2. The van der Waals surface area contributed by atoms with Gasteiger partial charge in [0.15, 0.2) is 11.8 Å². The smallest absolute Gasteiger partial charge is 0.328 e. The van der Waals surface area contributed by atoms with Crippen LogP contribution in [0.25, 0.3) is 0 Å². The molecule has 0 radical (unpaired) electrons. The molecule has 0 aromatic heterocycles. The average molecular weight is 145 g/mol. The van der Waals surface area contributed by atoms with E-state index in [2.05, 4.69) is 5.32 Å². The molecule has 1 unspecified atom stereocenters. The van der Waals surface area contributed by atoms with E-state index in [4.69, 9.17) is 5.11 Å². The average Bonchev–Trinajstić information content (AvgIpc) is 1.81. The molecule has 0 rings (SSSR count). The van der Waals surface area contributed by atoms with Crippen molar-refractivity contribution in [3.8, 4) is 0 Å². The quantitative estimate of drug-likeness (QED) is 0.530. The maximum Gasteiger partial charge on any atom is 0.328 e. The second-order valence-corrected chi connectivity index (χ2v) is 1.94. The van der Waals surface area contributed by atoms with E-state index in [9.17, 15) is 9.59 Å². The minimum Gasteiger partial charge on any atom is -0.480 e. The Hall–Kier alpha value is -0.900. The maximum atomic E-state index is 10.5. The molecule has 0 aliphatic carbocycles. The fraction of sp³-hybridized carbons (Fsp3) is 0.667. The van der Waals surface area contributed by atoms with E-state index in [1.54, 1.807) is 6.92 Å². The molecule has 0 aliphatic heterocycles. The molecule has 0 aromatic rings. The van der Waals surface area contributed by atoms with Crippen LogP contribution in [0.1, 0.15) is 13.8 Å². The van der Waals surface area contributed by atoms with Gasteiger partial charge in [-0.1, -0.05) is 6.92 Å². The van der Waals surface area contributed by atoms with Crippen molar-refractivity contribution < 1.29 is 14.7 Å². The van der Waals surface area contributed by atoms with Crippen LogP contribution in [0.2, 0.25) is 0 Å². The lowest BCUT2D eigenvalue weighted by molar-refractivity contribution is -0.142. The van der Waals surface area contributed by atoms with Gasteiger partial charge < -0.3 is 5.11 Å². The van der Waals surface area contributed by atoms with Gasteiger partial charge in [0.25, 0.3) is 0 Å². The highest BCUT2D eigenvalue weighted by Gasteiger charge is 2.20. The van der Waals surface area contributed by atoms with Crippen molar-refractivity contribution in [3.05, 3.63) is 0 Å². The van der Waals surface area contributed by atoms with E-state index in [0.29, 0.717) is 6.54 Å². The van der Waals surface area contributed by atoms with Crippen LogP contribution < -0.4 is 5.32 Å². The number of likely N-dealkylation sites (N-methyl/N-ethyl adjacent to an activating group) is 1. The molecule has 0 saturated carbocycles. The molecule has 4 heteroatoms. The molecule has 0 aliphatic rings. The summed E-state index contributed by atoms with van der Waals surface area (Å²) in [5.41, 5.74) is 0. The van der Waals surface area contributed by atoms with Crippen molar-refractivity contribution in [1.82, 2.24) is 5.32 Å². The van der Waals surface area contributed by atoms with E-state index in [-0.39, 0.29) is 5.78 Å². The van der Waals surface area contributed by atoms with E-state index in [0.717, 1.165) is 0 Å². The number of rotatable bonds is 4. The van der Waals surface area contributed by atoms with Gasteiger partial charge >= 0.3 is 5.97 Å². The van der Waals surface area contributed by atoms with Crippen molar-refractivity contribution in [2.75, 3.05) is 6.54 Å². The molecule has 1 atom stereocenters. The van der Waals surface area contributed by atoms with Gasteiger partial charge in [0, 0.05) is 0 Å². The number of carboxylic acids is 1. The highest BCUT2D eigenvalue weighted by molar-refractivity contribution is 6.01. The van der Waals surface area contributed by atoms with Crippen molar-refractivity contribution in [2.24, 2.45) is 0 Å². The van der Waals surface area contributed by atoms with Gasteiger partial charge in [-0.05, 0) is 13.5 Å². The third kappa shape index (κ3) is 2.59. The summed E-state index contributed by atoms with van der Waals surface area (Å²) in [4.78, 5) is 20.8. The van der Waals surface area contributed by atoms with E-state index >= 15 is 0 Å². The van der Waals surface area contributed by atoms with Gasteiger partial charge in [-0.25, -0.2) is 0 Å². The summed E-state index contributed by atoms with van der Waals surface area (Å²) in [5.74, 6) is -1.48. The van der Waals surface area contributed by atoms with Crippen LogP contribution in [0.15, 0.2) is 0 Å². The fourth-order valence-corrected chi connectivity index (χ4v) is 0.609. The predicted molar refractivity (Wildman–Crippen MR) is 35.8 cm³/mol. The molecule has 0 spiro atoms. The van der Waals surface area contributed by atoms with Crippen molar-refractivity contribution in [3.63, 3.8) is 0 Å². The Morgan fingerprint density at radius 3 is 2.20 bits per heavy atom. The Balaban J connectivity index is 3.98. The summed E-state index contributed by atoms with van der Waals surface area (Å²) in [7, 11) is 0. The Kier molecular flexibility index (Phi) is 3.64. The highest BCUT2D eigenvalue weighted by Crippen LogP contribution is 1.84. The lowest BCUT2D eigenvalue weighted by Gasteiger charge is -2.07. The summed E-state index contributed by atoms with van der Waals surface area (Å²) in [6, 6.07) is -1.04. The largest absolute Gasteiger partial charge is 0.480 e. The van der Waals surface area contributed by atoms with Gasteiger partial charge in [0.1, 0.15) is 0 Å². The molecule has 0 aromatic carbocycles. The Labute approximate surface area is 59.2 Å². The summed E-state index contributed by atoms with van der Waals surface area (Å²) in [6.07, 6.45) is 0. The molecule has 0 fully saturated rings. The van der Waals surface area contributed by atoms with E-state index < -0.39 is 12.0 Å². The van der Waals surface area contributed by atoms with Crippen LogP contribution in [-0.2, 0) is 9.59 Å². The Morgan fingerprint density at radius 2 is 2.10 bits per heavy atom. The first-order valence-electron chi connectivity index (χ1n) is 3.06. The lowest BCUT2D eigenvalue weighted by atomic mass is 10.2. The third-order valence-corrected chi connectivity index (χ3v) is 1.06. The van der Waals surface area contributed by atoms with E-state index in [1.807, 2.05) is 0 Å². The standard InChI is InChI=1S/C6H11NO3/c1-3-7-5(4(2)8)6(9)10/h5,7H,3H2,1-2H3,(H,9,10). The molecule has 58 valence electrons. The lowest BCUT2D eigenvalue weighted by Crippen LogP contribution is -2.41. The summed E-state index contributed by atoms with van der Waals surface area (Å²) in [5, 5.41) is 10.9. The summed E-state index contributed by atoms with van der Waals surface area (Å²) < 4.78 is 0. The zero-order chi connectivity index (χ0) is 8.15. The molecule has 0 heterocycles. The number of ketones is 1. The number of nitrogens with one attached hydrogen (secondary N) is 1. The van der Waals surface area contributed by atoms with Crippen molar-refractivity contribution in [1.29, 1.82) is 0 Å². The topological polar surface area (TPSA) is 66.4 Å². The van der Waals surface area contributed by atoms with Gasteiger partial charge in [0.05, 0.1) is 0 Å². The van der Waals surface area contributed by atoms with Crippen molar-refractivity contribution >= 4 is 11.8 Å². The predicted octanol–water partition coefficient (Wildman–Crippen LogP) is -0.362. The SMILES string of the molecule is CCNC(C(C)=O)C(=O)O. The fourth-order valence-electron chi connectivity index (χ4n) is 0.609. The van der Waals surface area contributed by atoms with Crippen LogP contribution >= 0.6 is 0 Å². The van der Waals surface area contributed by atoms with Crippen LogP contribution in [0.4, 0.5) is 0 Å². The number of hydrogen-bond donors (Lipinski definition) is 2. The number of hydrogen-bond acceptors (Lipinski definition) is 3. The zero-order valence-corrected chi connectivity index (χ0v) is 6.05. The number of carboxylic acid groups (broad SMARTS) is 1. The van der Waals surface area contributed by atoms with Crippen LogP contribution in [0.5, 0.6) is 0 Å². The third-order valence-electron chi connectivity index (χ3n) is 1.06. The zero-order valence-electron chi connectivity index (χ0n) is 6.05. The molecule has 0 amide bonds. The van der Waals surface area contributed by atoms with Gasteiger partial charge in [0.2, 0.25) is 0 Å². The van der Waals surface area contributed by atoms with Gasteiger partial charge in [-0.15, -0.1) is 0 Å². The second-order valence-electron chi connectivity index (χ2n) is 1.94. The summed E-state index contributed by atoms with van der Waals surface area (Å²) >= 11 is 0. The molecule has 10 heavy (non-hydrogen) atoms. The monoisotopic (exact) mass is 145 g/mol. The number of aliphatic carboxylic acids is 1. The minimum absolute atomic E-state index is 0.366. The number of carbonyl (C=O) groups excluding carboxylic acids is 1. The van der Waals surface area contributed by atoms with Crippen LogP contribution in [0.3, 0.4) is 0 Å². The normalized spacial score (nSPS) is 12.6. The maximum absolute atomic E-state index is 10.5. The second kappa shape index (κ2) is 4.00. The number of Topliss-reactive ketones (excluding diaryl/α,β-unsaturated/α-hetero) is 1. The Bertz CT molecular complexity index is 130. The van der Waals surface area contributed by atoms with Gasteiger partial charge in [-0.2, -0.15) is 0 Å². The molecule has 4 nitrogen and oxygen atoms in total. The summed E-state index contributed by atoms with van der Waals surface area (Å²) in [6.45, 7) is 3.48. The molecular formula is C6H11NO3. The van der Waals surface area contributed by atoms with Gasteiger partial charge in [-0.3, -0.25) is 14.9 Å². The van der Waals surface area contributed by atoms with Crippen molar-refractivity contribution in [2.45, 2.75) is 19.9 Å². The molecule has 0 saturated heterocycles.